The van der Waals surface area contributed by atoms with Crippen molar-refractivity contribution in [2.45, 2.75) is 25.8 Å². The van der Waals surface area contributed by atoms with Gasteiger partial charge in [0.15, 0.2) is 0 Å². The number of nitrogens with zero attached hydrogens (tertiary/aromatic N) is 1. The van der Waals surface area contributed by atoms with Crippen molar-refractivity contribution < 1.29 is 0 Å². The van der Waals surface area contributed by atoms with Gasteiger partial charge in [-0.15, -0.1) is 0 Å². The molecule has 0 radical (unpaired) electrons. The molecule has 0 aliphatic rings. The first-order valence-corrected chi connectivity index (χ1v) is 6.87. The van der Waals surface area contributed by atoms with Gasteiger partial charge in [0.1, 0.15) is 0 Å². The maximum atomic E-state index is 4.14. The third-order valence-corrected chi connectivity index (χ3v) is 2.99. The van der Waals surface area contributed by atoms with Crippen LogP contribution < -0.4 is 5.32 Å². The fourth-order valence-corrected chi connectivity index (χ4v) is 2.18. The predicted molar refractivity (Wildman–Crippen MR) is 68.4 cm³/mol. The Bertz CT molecular complexity index is 251. The summed E-state index contributed by atoms with van der Waals surface area (Å²) < 4.78 is 0. The van der Waals surface area contributed by atoms with Crippen LogP contribution in [-0.2, 0) is 6.42 Å². The van der Waals surface area contributed by atoms with E-state index in [1.165, 1.54) is 12.0 Å². The molecule has 2 nitrogen and oxygen atoms in total. The molecule has 1 aromatic heterocycles. The van der Waals surface area contributed by atoms with E-state index in [1.54, 1.807) is 0 Å². The average molecular weight is 224 g/mol. The topological polar surface area (TPSA) is 24.9 Å². The molecule has 1 heterocycles. The maximum absolute atomic E-state index is 4.14. The standard InChI is InChI=1S/C12H20N2S/c1-3-6-14-12(10-15-2)8-11-5-4-7-13-9-11/h4-5,7,9,12,14H,3,6,8,10H2,1-2H3. The van der Waals surface area contributed by atoms with E-state index in [0.717, 1.165) is 18.7 Å². The van der Waals surface area contributed by atoms with Crippen molar-refractivity contribution in [3.05, 3.63) is 30.1 Å². The number of pyridine rings is 1. The van der Waals surface area contributed by atoms with E-state index < -0.39 is 0 Å². The van der Waals surface area contributed by atoms with E-state index in [1.807, 2.05) is 30.2 Å². The minimum atomic E-state index is 0.573. The van der Waals surface area contributed by atoms with Gasteiger partial charge < -0.3 is 5.32 Å². The Labute approximate surface area is 96.9 Å². The van der Waals surface area contributed by atoms with Crippen molar-refractivity contribution in [2.75, 3.05) is 18.6 Å². The van der Waals surface area contributed by atoms with Crippen LogP contribution in [0.2, 0.25) is 0 Å². The van der Waals surface area contributed by atoms with E-state index in [9.17, 15) is 0 Å². The Morgan fingerprint density at radius 1 is 1.53 bits per heavy atom. The second-order valence-electron chi connectivity index (χ2n) is 3.67. The van der Waals surface area contributed by atoms with Crippen LogP contribution in [0, 0.1) is 0 Å². The van der Waals surface area contributed by atoms with Crippen molar-refractivity contribution in [1.29, 1.82) is 0 Å². The van der Waals surface area contributed by atoms with Crippen molar-refractivity contribution in [3.8, 4) is 0 Å². The molecule has 1 aromatic rings. The van der Waals surface area contributed by atoms with E-state index in [4.69, 9.17) is 0 Å². The van der Waals surface area contributed by atoms with Gasteiger partial charge in [-0.05, 0) is 37.3 Å². The van der Waals surface area contributed by atoms with Crippen LogP contribution >= 0.6 is 11.8 Å². The summed E-state index contributed by atoms with van der Waals surface area (Å²) >= 11 is 1.90. The molecule has 0 saturated carbocycles. The lowest BCUT2D eigenvalue weighted by molar-refractivity contribution is 0.550. The van der Waals surface area contributed by atoms with Crippen LogP contribution in [0.15, 0.2) is 24.5 Å². The summed E-state index contributed by atoms with van der Waals surface area (Å²) in [6, 6.07) is 4.73. The Hall–Kier alpha value is -0.540. The number of aromatic nitrogens is 1. The summed E-state index contributed by atoms with van der Waals surface area (Å²) in [4.78, 5) is 4.14. The van der Waals surface area contributed by atoms with Gasteiger partial charge in [0.2, 0.25) is 0 Å². The van der Waals surface area contributed by atoms with Crippen molar-refractivity contribution in [3.63, 3.8) is 0 Å². The zero-order valence-corrected chi connectivity index (χ0v) is 10.4. The molecular weight excluding hydrogens is 204 g/mol. The quantitative estimate of drug-likeness (QED) is 0.769. The number of hydrogen-bond donors (Lipinski definition) is 1. The molecule has 1 atom stereocenters. The third-order valence-electron chi connectivity index (χ3n) is 2.26. The Balaban J connectivity index is 2.43. The number of rotatable bonds is 7. The summed E-state index contributed by atoms with van der Waals surface area (Å²) in [7, 11) is 0. The second kappa shape index (κ2) is 7.71. The summed E-state index contributed by atoms with van der Waals surface area (Å²) in [5.41, 5.74) is 1.32. The smallest absolute Gasteiger partial charge is 0.0300 e. The van der Waals surface area contributed by atoms with Gasteiger partial charge >= 0.3 is 0 Å². The highest BCUT2D eigenvalue weighted by Crippen LogP contribution is 2.06. The first kappa shape index (κ1) is 12.5. The van der Waals surface area contributed by atoms with Gasteiger partial charge in [0, 0.05) is 24.2 Å². The molecule has 0 aliphatic carbocycles. The highest BCUT2D eigenvalue weighted by Gasteiger charge is 2.07. The molecule has 1 unspecified atom stereocenters. The summed E-state index contributed by atoms with van der Waals surface area (Å²) in [5, 5.41) is 3.57. The molecule has 0 aliphatic heterocycles. The lowest BCUT2D eigenvalue weighted by Crippen LogP contribution is -2.33. The molecule has 1 rings (SSSR count). The summed E-state index contributed by atoms with van der Waals surface area (Å²) in [6.45, 7) is 3.30. The van der Waals surface area contributed by atoms with Crippen molar-refractivity contribution in [2.24, 2.45) is 0 Å². The largest absolute Gasteiger partial charge is 0.313 e. The molecule has 3 heteroatoms. The highest BCUT2D eigenvalue weighted by atomic mass is 32.2. The minimum Gasteiger partial charge on any atom is -0.313 e. The summed E-state index contributed by atoms with van der Waals surface area (Å²) in [6.07, 6.45) is 8.21. The molecule has 0 amide bonds. The van der Waals surface area contributed by atoms with Gasteiger partial charge in [-0.1, -0.05) is 13.0 Å². The number of nitrogens with one attached hydrogen (secondary N) is 1. The molecule has 0 aromatic carbocycles. The van der Waals surface area contributed by atoms with Gasteiger partial charge in [0.25, 0.3) is 0 Å². The molecule has 15 heavy (non-hydrogen) atoms. The second-order valence-corrected chi connectivity index (χ2v) is 4.58. The molecule has 0 spiro atoms. The van der Waals surface area contributed by atoms with Crippen LogP contribution in [-0.4, -0.2) is 29.6 Å². The predicted octanol–water partition coefficient (Wildman–Crippen LogP) is 2.36. The zero-order valence-electron chi connectivity index (χ0n) is 9.57. The van der Waals surface area contributed by atoms with Gasteiger partial charge in [-0.25, -0.2) is 0 Å². The molecule has 0 fully saturated rings. The fraction of sp³-hybridized carbons (Fsp3) is 0.583. The van der Waals surface area contributed by atoms with E-state index >= 15 is 0 Å². The van der Waals surface area contributed by atoms with E-state index in [2.05, 4.69) is 29.5 Å². The number of thioether (sulfide) groups is 1. The van der Waals surface area contributed by atoms with Crippen LogP contribution in [0.5, 0.6) is 0 Å². The van der Waals surface area contributed by atoms with Gasteiger partial charge in [-0.3, -0.25) is 4.98 Å². The van der Waals surface area contributed by atoms with Crippen molar-refractivity contribution >= 4 is 11.8 Å². The Kier molecular flexibility index (Phi) is 6.44. The first-order valence-electron chi connectivity index (χ1n) is 5.48. The molecular formula is C12H20N2S. The first-order chi connectivity index (χ1) is 7.36. The summed E-state index contributed by atoms with van der Waals surface area (Å²) in [5.74, 6) is 1.16. The molecule has 0 saturated heterocycles. The van der Waals surface area contributed by atoms with E-state index in [0.29, 0.717) is 6.04 Å². The minimum absolute atomic E-state index is 0.573. The van der Waals surface area contributed by atoms with Gasteiger partial charge in [-0.2, -0.15) is 11.8 Å². The fourth-order valence-electron chi connectivity index (χ4n) is 1.54. The lowest BCUT2D eigenvalue weighted by atomic mass is 10.1. The SMILES string of the molecule is CCCNC(CSC)Cc1cccnc1. The van der Waals surface area contributed by atoms with E-state index in [-0.39, 0.29) is 0 Å². The van der Waals surface area contributed by atoms with Gasteiger partial charge in [0.05, 0.1) is 0 Å². The normalized spacial score (nSPS) is 12.7. The zero-order chi connectivity index (χ0) is 10.9. The van der Waals surface area contributed by atoms with Crippen LogP contribution in [0.25, 0.3) is 0 Å². The van der Waals surface area contributed by atoms with Crippen LogP contribution in [0.1, 0.15) is 18.9 Å². The Morgan fingerprint density at radius 3 is 3.00 bits per heavy atom. The average Bonchev–Trinajstić information content (AvgIpc) is 2.28. The lowest BCUT2D eigenvalue weighted by Gasteiger charge is -2.17. The maximum Gasteiger partial charge on any atom is 0.0300 e. The number of hydrogen-bond acceptors (Lipinski definition) is 3. The highest BCUT2D eigenvalue weighted by molar-refractivity contribution is 7.98. The van der Waals surface area contributed by atoms with Crippen molar-refractivity contribution in [1.82, 2.24) is 10.3 Å². The van der Waals surface area contributed by atoms with Crippen LogP contribution in [0.3, 0.4) is 0 Å². The monoisotopic (exact) mass is 224 g/mol. The van der Waals surface area contributed by atoms with Crippen LogP contribution in [0.4, 0.5) is 0 Å². The molecule has 84 valence electrons. The third kappa shape index (κ3) is 5.19. The molecule has 1 N–H and O–H groups in total. The molecule has 0 bridgehead atoms. The Morgan fingerprint density at radius 2 is 2.40 bits per heavy atom.